The Hall–Kier alpha value is -1.38. The molecule has 25 heavy (non-hydrogen) atoms. The number of hydrogen-bond acceptors (Lipinski definition) is 3. The number of esters is 1. The Morgan fingerprint density at radius 3 is 2.72 bits per heavy atom. The second-order valence-corrected chi connectivity index (χ2v) is 9.03. The van der Waals surface area contributed by atoms with Crippen LogP contribution in [0.15, 0.2) is 23.8 Å². The number of ether oxygens (including phenoxy) is 1. The SMILES string of the molecule is CC[C@]12CCC3C4CCC(=O)C=C4CCC3C1CCC21C=CC(=O)O1. The molecule has 5 unspecified atom stereocenters. The second kappa shape index (κ2) is 5.31. The molecule has 0 radical (unpaired) electrons. The third kappa shape index (κ3) is 1.98. The maximum atomic E-state index is 11.9. The van der Waals surface area contributed by atoms with E-state index in [0.29, 0.717) is 17.6 Å². The molecule has 3 nitrogen and oxygen atoms in total. The van der Waals surface area contributed by atoms with Gasteiger partial charge in [0.15, 0.2) is 5.78 Å². The molecule has 1 aliphatic heterocycles. The van der Waals surface area contributed by atoms with Gasteiger partial charge in [-0.15, -0.1) is 0 Å². The lowest BCUT2D eigenvalue weighted by molar-refractivity contribution is -0.164. The Kier molecular flexibility index (Phi) is 3.37. The summed E-state index contributed by atoms with van der Waals surface area (Å²) < 4.78 is 5.97. The van der Waals surface area contributed by atoms with Gasteiger partial charge in [-0.05, 0) is 87.2 Å². The zero-order valence-electron chi connectivity index (χ0n) is 15.1. The molecule has 0 aromatic heterocycles. The number of carbonyl (C=O) groups excluding carboxylic acids is 2. The van der Waals surface area contributed by atoms with Crippen molar-refractivity contribution in [2.24, 2.45) is 29.1 Å². The molecule has 1 heterocycles. The highest BCUT2D eigenvalue weighted by Crippen LogP contribution is 2.68. The van der Waals surface area contributed by atoms with Gasteiger partial charge in [0.05, 0.1) is 0 Å². The molecule has 4 aliphatic carbocycles. The molecular formula is C22H28O3. The predicted molar refractivity (Wildman–Crippen MR) is 94.7 cm³/mol. The van der Waals surface area contributed by atoms with Crippen molar-refractivity contribution in [3.8, 4) is 0 Å². The molecule has 0 aromatic rings. The fourth-order valence-corrected chi connectivity index (χ4v) is 7.62. The average molecular weight is 340 g/mol. The van der Waals surface area contributed by atoms with E-state index >= 15 is 0 Å². The van der Waals surface area contributed by atoms with E-state index in [0.717, 1.165) is 43.9 Å². The monoisotopic (exact) mass is 340 g/mol. The van der Waals surface area contributed by atoms with Crippen molar-refractivity contribution in [3.63, 3.8) is 0 Å². The van der Waals surface area contributed by atoms with Gasteiger partial charge in [0.1, 0.15) is 5.60 Å². The van der Waals surface area contributed by atoms with E-state index in [1.165, 1.54) is 31.3 Å². The van der Waals surface area contributed by atoms with Crippen LogP contribution in [-0.4, -0.2) is 17.4 Å². The number of allylic oxidation sites excluding steroid dienone is 1. The molecule has 5 aliphatic rings. The summed E-state index contributed by atoms with van der Waals surface area (Å²) in [6.45, 7) is 2.30. The van der Waals surface area contributed by atoms with E-state index in [2.05, 4.69) is 13.0 Å². The molecule has 0 amide bonds. The lowest BCUT2D eigenvalue weighted by atomic mass is 9.49. The Morgan fingerprint density at radius 1 is 1.08 bits per heavy atom. The number of rotatable bonds is 1. The van der Waals surface area contributed by atoms with Crippen molar-refractivity contribution < 1.29 is 14.3 Å². The summed E-state index contributed by atoms with van der Waals surface area (Å²) in [7, 11) is 0. The Bertz CT molecular complexity index is 689. The van der Waals surface area contributed by atoms with Gasteiger partial charge in [-0.2, -0.15) is 0 Å². The number of carbonyl (C=O) groups is 2. The van der Waals surface area contributed by atoms with Crippen LogP contribution in [0.1, 0.15) is 64.7 Å². The first kappa shape index (κ1) is 15.8. The first-order valence-corrected chi connectivity index (χ1v) is 10.2. The first-order chi connectivity index (χ1) is 12.1. The molecule has 1 spiro atoms. The van der Waals surface area contributed by atoms with Crippen LogP contribution in [0, 0.1) is 29.1 Å². The Balaban J connectivity index is 1.49. The van der Waals surface area contributed by atoms with Gasteiger partial charge in [0, 0.05) is 17.9 Å². The van der Waals surface area contributed by atoms with Gasteiger partial charge in [0.25, 0.3) is 0 Å². The Labute approximate surface area is 149 Å². The van der Waals surface area contributed by atoms with E-state index in [9.17, 15) is 9.59 Å². The fraction of sp³-hybridized carbons (Fsp3) is 0.727. The van der Waals surface area contributed by atoms with E-state index in [1.54, 1.807) is 6.08 Å². The predicted octanol–water partition coefficient (Wildman–Crippen LogP) is 4.37. The molecular weight excluding hydrogens is 312 g/mol. The number of ketones is 1. The topological polar surface area (TPSA) is 43.4 Å². The number of hydrogen-bond donors (Lipinski definition) is 0. The molecule has 134 valence electrons. The smallest absolute Gasteiger partial charge is 0.331 e. The van der Waals surface area contributed by atoms with Gasteiger partial charge in [-0.1, -0.05) is 12.5 Å². The largest absolute Gasteiger partial charge is 0.451 e. The summed E-state index contributed by atoms with van der Waals surface area (Å²) in [5.74, 6) is 3.00. The summed E-state index contributed by atoms with van der Waals surface area (Å²) >= 11 is 0. The van der Waals surface area contributed by atoms with Crippen LogP contribution in [0.4, 0.5) is 0 Å². The molecule has 5 rings (SSSR count). The number of fused-ring (bicyclic) bond motifs is 6. The van der Waals surface area contributed by atoms with Gasteiger partial charge >= 0.3 is 5.97 Å². The van der Waals surface area contributed by atoms with Gasteiger partial charge in [-0.3, -0.25) is 4.79 Å². The van der Waals surface area contributed by atoms with Crippen LogP contribution in [0.25, 0.3) is 0 Å². The quantitative estimate of drug-likeness (QED) is 0.666. The molecule has 6 atom stereocenters. The second-order valence-electron chi connectivity index (χ2n) is 9.03. The minimum atomic E-state index is -0.326. The molecule has 3 saturated carbocycles. The summed E-state index contributed by atoms with van der Waals surface area (Å²) in [6, 6.07) is 0. The van der Waals surface area contributed by atoms with Crippen molar-refractivity contribution in [1.82, 2.24) is 0 Å². The van der Waals surface area contributed by atoms with Gasteiger partial charge in [0.2, 0.25) is 0 Å². The van der Waals surface area contributed by atoms with Crippen LogP contribution in [0.5, 0.6) is 0 Å². The summed E-state index contributed by atoms with van der Waals surface area (Å²) in [6.07, 6.45) is 15.6. The van der Waals surface area contributed by atoms with E-state index in [1.807, 2.05) is 6.08 Å². The van der Waals surface area contributed by atoms with Crippen molar-refractivity contribution in [1.29, 1.82) is 0 Å². The minimum Gasteiger partial charge on any atom is -0.451 e. The average Bonchev–Trinajstić information content (AvgIpc) is 3.16. The van der Waals surface area contributed by atoms with Crippen molar-refractivity contribution in [2.45, 2.75) is 70.3 Å². The van der Waals surface area contributed by atoms with Crippen LogP contribution < -0.4 is 0 Å². The summed E-state index contributed by atoms with van der Waals surface area (Å²) in [5.41, 5.74) is 1.26. The molecule has 0 aromatic carbocycles. The highest BCUT2D eigenvalue weighted by molar-refractivity contribution is 5.91. The summed E-state index contributed by atoms with van der Waals surface area (Å²) in [5, 5.41) is 0. The van der Waals surface area contributed by atoms with E-state index in [4.69, 9.17) is 4.74 Å². The maximum Gasteiger partial charge on any atom is 0.331 e. The van der Waals surface area contributed by atoms with E-state index < -0.39 is 0 Å². The highest BCUT2D eigenvalue weighted by Gasteiger charge is 2.66. The normalized spacial score (nSPS) is 48.0. The molecule has 0 saturated heterocycles. The van der Waals surface area contributed by atoms with Crippen molar-refractivity contribution >= 4 is 11.8 Å². The fourth-order valence-electron chi connectivity index (χ4n) is 7.62. The zero-order chi connectivity index (χ0) is 17.2. The Morgan fingerprint density at radius 2 is 1.96 bits per heavy atom. The summed E-state index contributed by atoms with van der Waals surface area (Å²) in [4.78, 5) is 23.7. The molecule has 0 bridgehead atoms. The minimum absolute atomic E-state index is 0.141. The standard InChI is InChI=1S/C22H28O3/c1-2-21-10-7-17-16-6-4-15(23)13-14(16)3-5-18(17)19(21)8-11-22(21)12-9-20(24)25-22/h9,12-13,16-19H,2-8,10-11H2,1H3/t16?,17?,18?,19?,21-,22?/m0/s1. The maximum absolute atomic E-state index is 11.9. The van der Waals surface area contributed by atoms with Crippen LogP contribution in [-0.2, 0) is 14.3 Å². The first-order valence-electron chi connectivity index (χ1n) is 10.2. The van der Waals surface area contributed by atoms with Crippen LogP contribution in [0.2, 0.25) is 0 Å². The zero-order valence-corrected chi connectivity index (χ0v) is 15.1. The lowest BCUT2D eigenvalue weighted by Gasteiger charge is -2.56. The third-order valence-electron chi connectivity index (χ3n) is 8.58. The van der Waals surface area contributed by atoms with Gasteiger partial charge < -0.3 is 4.74 Å². The molecule has 0 N–H and O–H groups in total. The lowest BCUT2D eigenvalue weighted by Crippen LogP contribution is -2.53. The third-order valence-corrected chi connectivity index (χ3v) is 8.58. The van der Waals surface area contributed by atoms with Gasteiger partial charge in [-0.25, -0.2) is 4.79 Å². The van der Waals surface area contributed by atoms with Crippen molar-refractivity contribution in [2.75, 3.05) is 0 Å². The van der Waals surface area contributed by atoms with Crippen molar-refractivity contribution in [3.05, 3.63) is 23.8 Å². The van der Waals surface area contributed by atoms with E-state index in [-0.39, 0.29) is 17.0 Å². The van der Waals surface area contributed by atoms with Crippen LogP contribution in [0.3, 0.4) is 0 Å². The highest BCUT2D eigenvalue weighted by atomic mass is 16.6. The van der Waals surface area contributed by atoms with Crippen LogP contribution >= 0.6 is 0 Å². The molecule has 3 heteroatoms. The molecule has 3 fully saturated rings.